The van der Waals surface area contributed by atoms with E-state index in [1.165, 1.54) is 0 Å². The molecule has 2 aromatic rings. The summed E-state index contributed by atoms with van der Waals surface area (Å²) >= 11 is 1.87. The highest BCUT2D eigenvalue weighted by Crippen LogP contribution is 2.46. The summed E-state index contributed by atoms with van der Waals surface area (Å²) < 4.78 is 11.8. The Bertz CT molecular complexity index is 943. The lowest BCUT2D eigenvalue weighted by Gasteiger charge is -2.47. The first-order valence-corrected chi connectivity index (χ1v) is 11.3. The number of rotatable bonds is 4. The molecule has 7 heteroatoms. The van der Waals surface area contributed by atoms with Crippen LogP contribution >= 0.6 is 11.8 Å². The van der Waals surface area contributed by atoms with Gasteiger partial charge < -0.3 is 19.0 Å². The molecule has 0 saturated carbocycles. The number of carbonyl (C=O) groups excluding carboxylic acids is 2. The quantitative estimate of drug-likeness (QED) is 0.769. The third-order valence-corrected chi connectivity index (χ3v) is 7.94. The molecule has 4 heterocycles. The van der Waals surface area contributed by atoms with Crippen molar-refractivity contribution in [3.8, 4) is 0 Å². The molecule has 1 unspecified atom stereocenters. The Morgan fingerprint density at radius 3 is 2.72 bits per heavy atom. The second kappa shape index (κ2) is 7.36. The third kappa shape index (κ3) is 3.44. The number of aryl methyl sites for hydroxylation is 1. The summed E-state index contributed by atoms with van der Waals surface area (Å²) in [5.41, 5.74) is 1.67. The molecule has 1 aromatic carbocycles. The largest absolute Gasteiger partial charge is 0.451 e. The lowest BCUT2D eigenvalue weighted by Crippen LogP contribution is -2.60. The third-order valence-electron chi connectivity index (χ3n) is 6.36. The molecular formula is C22H26N2O4S. The van der Waals surface area contributed by atoms with E-state index in [0.717, 1.165) is 54.6 Å². The standard InChI is InChI=1S/C22H26N2O4S/c1-15-17-6-2-3-7-18(17)28-20(15)21(26)24-13-22(14-24)10-16(12-29-22)27-11-19(25)23-8-4-5-9-23/h2-3,6-7,16H,4-5,8-14H2,1H3. The van der Waals surface area contributed by atoms with Crippen LogP contribution in [0.1, 0.15) is 35.4 Å². The first-order chi connectivity index (χ1) is 14.0. The fourth-order valence-electron chi connectivity index (χ4n) is 4.69. The van der Waals surface area contributed by atoms with Crippen LogP contribution < -0.4 is 0 Å². The maximum Gasteiger partial charge on any atom is 0.289 e. The van der Waals surface area contributed by atoms with Gasteiger partial charge in [-0.05, 0) is 32.3 Å². The van der Waals surface area contributed by atoms with Crippen molar-refractivity contribution in [3.63, 3.8) is 0 Å². The maximum atomic E-state index is 12.9. The van der Waals surface area contributed by atoms with Crippen molar-refractivity contribution in [3.05, 3.63) is 35.6 Å². The predicted octanol–water partition coefficient (Wildman–Crippen LogP) is 3.08. The van der Waals surface area contributed by atoms with Gasteiger partial charge in [-0.3, -0.25) is 9.59 Å². The Hall–Kier alpha value is -1.99. The summed E-state index contributed by atoms with van der Waals surface area (Å²) in [4.78, 5) is 28.9. The zero-order chi connectivity index (χ0) is 20.0. The van der Waals surface area contributed by atoms with E-state index in [1.54, 1.807) is 0 Å². The summed E-state index contributed by atoms with van der Waals surface area (Å²) in [6.07, 6.45) is 3.19. The average Bonchev–Trinajstić information content (AvgIpc) is 3.44. The van der Waals surface area contributed by atoms with Gasteiger partial charge in [0.25, 0.3) is 5.91 Å². The molecule has 29 heavy (non-hydrogen) atoms. The molecule has 3 aliphatic heterocycles. The van der Waals surface area contributed by atoms with Gasteiger partial charge in [-0.2, -0.15) is 0 Å². The number of nitrogens with zero attached hydrogens (tertiary/aromatic N) is 2. The molecule has 0 bridgehead atoms. The number of hydrogen-bond donors (Lipinski definition) is 0. The lowest BCUT2D eigenvalue weighted by atomic mass is 9.92. The van der Waals surface area contributed by atoms with Crippen molar-refractivity contribution in [2.24, 2.45) is 0 Å². The van der Waals surface area contributed by atoms with Crippen LogP contribution in [0.3, 0.4) is 0 Å². The fraction of sp³-hybridized carbons (Fsp3) is 0.545. The maximum absolute atomic E-state index is 12.9. The van der Waals surface area contributed by atoms with Gasteiger partial charge in [0.2, 0.25) is 5.91 Å². The molecule has 1 spiro atoms. The van der Waals surface area contributed by atoms with Gasteiger partial charge >= 0.3 is 0 Å². The van der Waals surface area contributed by atoms with E-state index in [1.807, 2.05) is 52.8 Å². The smallest absolute Gasteiger partial charge is 0.289 e. The monoisotopic (exact) mass is 414 g/mol. The molecule has 1 aromatic heterocycles. The highest BCUT2D eigenvalue weighted by atomic mass is 32.2. The molecule has 3 aliphatic rings. The Morgan fingerprint density at radius 2 is 1.97 bits per heavy atom. The molecular weight excluding hydrogens is 388 g/mol. The van der Waals surface area contributed by atoms with Crippen molar-refractivity contribution < 1.29 is 18.7 Å². The number of benzene rings is 1. The summed E-state index contributed by atoms with van der Waals surface area (Å²) in [7, 11) is 0. The zero-order valence-corrected chi connectivity index (χ0v) is 17.5. The van der Waals surface area contributed by atoms with Crippen molar-refractivity contribution in [1.82, 2.24) is 9.80 Å². The molecule has 6 nitrogen and oxygen atoms in total. The number of para-hydroxylation sites is 1. The SMILES string of the molecule is Cc1c(C(=O)N2CC3(CC(OCC(=O)N4CCCC4)CS3)C2)oc2ccccc12. The number of ether oxygens (including phenoxy) is 1. The second-order valence-corrected chi connectivity index (χ2v) is 9.92. The first-order valence-electron chi connectivity index (χ1n) is 10.4. The summed E-state index contributed by atoms with van der Waals surface area (Å²) in [5.74, 6) is 1.42. The molecule has 0 aliphatic carbocycles. The van der Waals surface area contributed by atoms with E-state index < -0.39 is 0 Å². The number of furan rings is 1. The van der Waals surface area contributed by atoms with Crippen LogP contribution in [0, 0.1) is 6.92 Å². The number of hydrogen-bond acceptors (Lipinski definition) is 5. The Kier molecular flexibility index (Phi) is 4.82. The van der Waals surface area contributed by atoms with E-state index >= 15 is 0 Å². The van der Waals surface area contributed by atoms with Crippen LogP contribution in [-0.2, 0) is 9.53 Å². The highest BCUT2D eigenvalue weighted by molar-refractivity contribution is 8.01. The van der Waals surface area contributed by atoms with E-state index in [0.29, 0.717) is 18.8 Å². The van der Waals surface area contributed by atoms with Crippen LogP contribution in [0.5, 0.6) is 0 Å². The average molecular weight is 415 g/mol. The first kappa shape index (κ1) is 19.0. The second-order valence-electron chi connectivity index (χ2n) is 8.43. The summed E-state index contributed by atoms with van der Waals surface area (Å²) in [6.45, 7) is 5.29. The summed E-state index contributed by atoms with van der Waals surface area (Å²) in [5, 5.41) is 0.998. The van der Waals surface area contributed by atoms with Crippen molar-refractivity contribution in [1.29, 1.82) is 0 Å². The normalized spacial score (nSPS) is 23.1. The van der Waals surface area contributed by atoms with Crippen molar-refractivity contribution >= 4 is 34.5 Å². The van der Waals surface area contributed by atoms with Crippen LogP contribution in [0.25, 0.3) is 11.0 Å². The number of fused-ring (bicyclic) bond motifs is 1. The molecule has 154 valence electrons. The Morgan fingerprint density at radius 1 is 1.21 bits per heavy atom. The molecule has 1 atom stereocenters. The molecule has 5 rings (SSSR count). The number of thioether (sulfide) groups is 1. The molecule has 2 amide bonds. The van der Waals surface area contributed by atoms with Gasteiger partial charge in [0.05, 0.1) is 10.9 Å². The minimum Gasteiger partial charge on any atom is -0.451 e. The predicted molar refractivity (Wildman–Crippen MR) is 112 cm³/mol. The van der Waals surface area contributed by atoms with Crippen LogP contribution in [-0.4, -0.2) is 71.0 Å². The van der Waals surface area contributed by atoms with E-state index in [4.69, 9.17) is 9.15 Å². The van der Waals surface area contributed by atoms with Gasteiger partial charge in [-0.15, -0.1) is 11.8 Å². The van der Waals surface area contributed by atoms with Crippen molar-refractivity contribution in [2.45, 2.75) is 37.0 Å². The van der Waals surface area contributed by atoms with Gasteiger partial charge in [-0.25, -0.2) is 0 Å². The Labute approximate surface area is 174 Å². The van der Waals surface area contributed by atoms with Gasteiger partial charge in [-0.1, -0.05) is 18.2 Å². The van der Waals surface area contributed by atoms with Gasteiger partial charge in [0.15, 0.2) is 5.76 Å². The van der Waals surface area contributed by atoms with Crippen LogP contribution in [0.4, 0.5) is 0 Å². The summed E-state index contributed by atoms with van der Waals surface area (Å²) in [6, 6.07) is 7.76. The molecule has 0 N–H and O–H groups in total. The minimum absolute atomic E-state index is 0.0292. The van der Waals surface area contributed by atoms with Crippen molar-refractivity contribution in [2.75, 3.05) is 38.5 Å². The van der Waals surface area contributed by atoms with Crippen LogP contribution in [0.2, 0.25) is 0 Å². The zero-order valence-electron chi connectivity index (χ0n) is 16.7. The topological polar surface area (TPSA) is 63.0 Å². The van der Waals surface area contributed by atoms with E-state index in [9.17, 15) is 9.59 Å². The van der Waals surface area contributed by atoms with Gasteiger partial charge in [0.1, 0.15) is 12.2 Å². The number of carbonyl (C=O) groups is 2. The van der Waals surface area contributed by atoms with E-state index in [-0.39, 0.29) is 29.3 Å². The number of amides is 2. The fourth-order valence-corrected chi connectivity index (χ4v) is 6.24. The Balaban J connectivity index is 1.15. The minimum atomic E-state index is -0.0292. The van der Waals surface area contributed by atoms with Gasteiger partial charge in [0, 0.05) is 42.9 Å². The lowest BCUT2D eigenvalue weighted by molar-refractivity contribution is -0.136. The van der Waals surface area contributed by atoms with Crippen LogP contribution in [0.15, 0.2) is 28.7 Å². The molecule has 3 saturated heterocycles. The van der Waals surface area contributed by atoms with E-state index in [2.05, 4.69) is 0 Å². The molecule has 3 fully saturated rings. The molecule has 0 radical (unpaired) electrons. The number of likely N-dealkylation sites (tertiary alicyclic amines) is 2. The highest BCUT2D eigenvalue weighted by Gasteiger charge is 2.51.